The topological polar surface area (TPSA) is 73.6 Å². The number of hydrogen-bond acceptors (Lipinski definition) is 6. The number of halogens is 3. The molecule has 1 fully saturated rings. The van der Waals surface area contributed by atoms with Gasteiger partial charge in [0.05, 0.1) is 10.5 Å². The van der Waals surface area contributed by atoms with Gasteiger partial charge in [-0.1, -0.05) is 36.1 Å². The van der Waals surface area contributed by atoms with Gasteiger partial charge in [-0.25, -0.2) is 0 Å². The molecule has 0 atom stereocenters. The van der Waals surface area contributed by atoms with E-state index in [2.05, 4.69) is 0 Å². The second kappa shape index (κ2) is 7.80. The average Bonchev–Trinajstić information content (AvgIpc) is 3.18. The molecule has 0 radical (unpaired) electrons. The molecule has 1 aliphatic rings. The van der Waals surface area contributed by atoms with Crippen LogP contribution in [0.5, 0.6) is 0 Å². The van der Waals surface area contributed by atoms with Gasteiger partial charge >= 0.3 is 6.18 Å². The second-order valence-corrected chi connectivity index (χ2v) is 7.41. The largest absolute Gasteiger partial charge is 0.550 e. The van der Waals surface area contributed by atoms with Gasteiger partial charge < -0.3 is 14.3 Å². The average molecular weight is 426 g/mol. The molecule has 0 aliphatic carbocycles. The standard InChI is InChI=1S/C18H12F3NO4S2/c19-18(20,21)11-3-1-2-10(8-11)13-5-4-12(26-13)9-14-16(25)22(17(27)28-14)7-6-15(23)24/h1-5,8-9H,6-7H2,(H,23,24)/p-1/b14-9-. The van der Waals surface area contributed by atoms with Crippen molar-refractivity contribution >= 4 is 46.3 Å². The van der Waals surface area contributed by atoms with Gasteiger partial charge in [-0.05, 0) is 24.3 Å². The molecule has 3 rings (SSSR count). The normalized spacial score (nSPS) is 16.2. The fourth-order valence-corrected chi connectivity index (χ4v) is 3.75. The highest BCUT2D eigenvalue weighted by Crippen LogP contribution is 2.35. The molecule has 1 aromatic carbocycles. The Morgan fingerprint density at radius 2 is 2.04 bits per heavy atom. The molecule has 0 N–H and O–H groups in total. The summed E-state index contributed by atoms with van der Waals surface area (Å²) in [6.45, 7) is -0.0992. The Labute approximate surface area is 166 Å². The van der Waals surface area contributed by atoms with E-state index in [9.17, 15) is 27.9 Å². The summed E-state index contributed by atoms with van der Waals surface area (Å²) in [4.78, 5) is 24.3. The zero-order valence-electron chi connectivity index (χ0n) is 14.0. The van der Waals surface area contributed by atoms with Crippen LogP contribution in [0.15, 0.2) is 45.7 Å². The van der Waals surface area contributed by atoms with E-state index in [-0.39, 0.29) is 39.3 Å². The minimum Gasteiger partial charge on any atom is -0.550 e. The molecular weight excluding hydrogens is 415 g/mol. The van der Waals surface area contributed by atoms with Crippen LogP contribution < -0.4 is 5.11 Å². The summed E-state index contributed by atoms with van der Waals surface area (Å²) in [5.41, 5.74) is -0.548. The summed E-state index contributed by atoms with van der Waals surface area (Å²) in [6, 6.07) is 7.72. The van der Waals surface area contributed by atoms with Crippen molar-refractivity contribution in [2.45, 2.75) is 12.6 Å². The molecule has 28 heavy (non-hydrogen) atoms. The molecule has 5 nitrogen and oxygen atoms in total. The van der Waals surface area contributed by atoms with Crippen LogP contribution in [-0.2, 0) is 15.8 Å². The lowest BCUT2D eigenvalue weighted by Crippen LogP contribution is -2.33. The minimum atomic E-state index is -4.47. The predicted molar refractivity (Wildman–Crippen MR) is 98.6 cm³/mol. The number of carbonyl (C=O) groups is 2. The van der Waals surface area contributed by atoms with Crippen molar-refractivity contribution in [2.75, 3.05) is 6.54 Å². The second-order valence-electron chi connectivity index (χ2n) is 5.74. The smallest absolute Gasteiger partial charge is 0.416 e. The minimum absolute atomic E-state index is 0.0992. The molecule has 0 unspecified atom stereocenters. The number of amides is 1. The number of alkyl halides is 3. The first-order valence-electron chi connectivity index (χ1n) is 7.88. The third kappa shape index (κ3) is 4.45. The number of furan rings is 1. The zero-order valence-corrected chi connectivity index (χ0v) is 15.6. The Bertz CT molecular complexity index is 981. The highest BCUT2D eigenvalue weighted by Gasteiger charge is 2.32. The van der Waals surface area contributed by atoms with E-state index in [1.54, 1.807) is 0 Å². The zero-order chi connectivity index (χ0) is 20.5. The highest BCUT2D eigenvalue weighted by molar-refractivity contribution is 8.26. The Hall–Kier alpha value is -2.59. The number of rotatable bonds is 5. The van der Waals surface area contributed by atoms with Gasteiger partial charge in [-0.3, -0.25) is 9.69 Å². The van der Waals surface area contributed by atoms with E-state index < -0.39 is 23.6 Å². The summed E-state index contributed by atoms with van der Waals surface area (Å²) >= 11 is 6.06. The molecule has 0 saturated carbocycles. The quantitative estimate of drug-likeness (QED) is 0.540. The number of benzene rings is 1. The van der Waals surface area contributed by atoms with Crippen LogP contribution in [0.1, 0.15) is 17.7 Å². The molecule has 146 valence electrons. The molecule has 0 bridgehead atoms. The van der Waals surface area contributed by atoms with E-state index in [0.717, 1.165) is 28.8 Å². The first-order chi connectivity index (χ1) is 13.1. The van der Waals surface area contributed by atoms with Crippen LogP contribution >= 0.6 is 24.0 Å². The van der Waals surface area contributed by atoms with Crippen molar-refractivity contribution in [2.24, 2.45) is 0 Å². The SMILES string of the molecule is O=C([O-])CCN1C(=O)/C(=C/c2ccc(-c3cccc(C(F)(F)F)c3)o2)SC1=S. The molecule has 0 spiro atoms. The lowest BCUT2D eigenvalue weighted by atomic mass is 10.1. The van der Waals surface area contributed by atoms with Crippen molar-refractivity contribution < 1.29 is 32.3 Å². The van der Waals surface area contributed by atoms with Crippen molar-refractivity contribution in [1.29, 1.82) is 0 Å². The van der Waals surface area contributed by atoms with E-state index >= 15 is 0 Å². The highest BCUT2D eigenvalue weighted by atomic mass is 32.2. The first kappa shape index (κ1) is 20.2. The van der Waals surface area contributed by atoms with Crippen LogP contribution in [0.4, 0.5) is 13.2 Å². The first-order valence-corrected chi connectivity index (χ1v) is 9.10. The molecule has 1 amide bonds. The van der Waals surface area contributed by atoms with Crippen molar-refractivity contribution in [3.63, 3.8) is 0 Å². The van der Waals surface area contributed by atoms with Gasteiger partial charge in [-0.15, -0.1) is 0 Å². The molecule has 2 heterocycles. The molecule has 10 heteroatoms. The number of thiocarbonyl (C=S) groups is 1. The van der Waals surface area contributed by atoms with Crippen LogP contribution in [0.3, 0.4) is 0 Å². The number of carbonyl (C=O) groups excluding carboxylic acids is 2. The monoisotopic (exact) mass is 426 g/mol. The van der Waals surface area contributed by atoms with Gasteiger partial charge in [0.15, 0.2) is 0 Å². The van der Waals surface area contributed by atoms with Crippen molar-refractivity contribution in [3.05, 3.63) is 52.6 Å². The predicted octanol–water partition coefficient (Wildman–Crippen LogP) is 3.31. The lowest BCUT2D eigenvalue weighted by molar-refractivity contribution is -0.305. The molecule has 1 aliphatic heterocycles. The summed E-state index contributed by atoms with van der Waals surface area (Å²) in [5, 5.41) is 10.6. The summed E-state index contributed by atoms with van der Waals surface area (Å²) in [7, 11) is 0. The maximum Gasteiger partial charge on any atom is 0.416 e. The van der Waals surface area contributed by atoms with Crippen molar-refractivity contribution in [3.8, 4) is 11.3 Å². The Morgan fingerprint density at radius 1 is 1.29 bits per heavy atom. The molecular formula is C18H11F3NO4S2-. The fraction of sp³-hybridized carbons (Fsp3) is 0.167. The summed E-state index contributed by atoms with van der Waals surface area (Å²) in [6.07, 6.45) is -3.40. The van der Waals surface area contributed by atoms with E-state index in [1.165, 1.54) is 30.3 Å². The van der Waals surface area contributed by atoms with Crippen LogP contribution in [0, 0.1) is 0 Å². The van der Waals surface area contributed by atoms with Crippen LogP contribution in [0.25, 0.3) is 17.4 Å². The van der Waals surface area contributed by atoms with Gasteiger partial charge in [0, 0.05) is 30.6 Å². The maximum absolute atomic E-state index is 12.9. The Kier molecular flexibility index (Phi) is 5.61. The Balaban J connectivity index is 1.80. The third-order valence-electron chi connectivity index (χ3n) is 3.79. The lowest BCUT2D eigenvalue weighted by Gasteiger charge is -2.14. The number of nitrogens with zero attached hydrogens (tertiary/aromatic N) is 1. The van der Waals surface area contributed by atoms with Crippen LogP contribution in [0.2, 0.25) is 0 Å². The van der Waals surface area contributed by atoms with Crippen molar-refractivity contribution in [1.82, 2.24) is 4.90 Å². The number of hydrogen-bond donors (Lipinski definition) is 0. The van der Waals surface area contributed by atoms with E-state index in [1.807, 2.05) is 0 Å². The van der Waals surface area contributed by atoms with Gasteiger partial charge in [0.1, 0.15) is 15.8 Å². The molecule has 1 saturated heterocycles. The fourth-order valence-electron chi connectivity index (χ4n) is 2.46. The van der Waals surface area contributed by atoms with Gasteiger partial charge in [0.2, 0.25) is 0 Å². The van der Waals surface area contributed by atoms with Crippen LogP contribution in [-0.4, -0.2) is 27.6 Å². The number of thioether (sulfide) groups is 1. The van der Waals surface area contributed by atoms with E-state index in [4.69, 9.17) is 16.6 Å². The van der Waals surface area contributed by atoms with Gasteiger partial charge in [-0.2, -0.15) is 13.2 Å². The maximum atomic E-state index is 12.9. The molecule has 2 aromatic rings. The molecule has 1 aromatic heterocycles. The number of carboxylic acid groups (broad SMARTS) is 1. The van der Waals surface area contributed by atoms with Gasteiger partial charge in [0.25, 0.3) is 5.91 Å². The third-order valence-corrected chi connectivity index (χ3v) is 5.17. The number of carboxylic acids is 1. The number of aliphatic carboxylic acids is 1. The summed E-state index contributed by atoms with van der Waals surface area (Å²) in [5.74, 6) is -1.29. The Morgan fingerprint density at radius 3 is 2.71 bits per heavy atom. The van der Waals surface area contributed by atoms with E-state index in [0.29, 0.717) is 0 Å². The summed E-state index contributed by atoms with van der Waals surface area (Å²) < 4.78 is 44.3.